The fourth-order valence-corrected chi connectivity index (χ4v) is 11.2. The molecule has 0 bridgehead atoms. The molecule has 624 valence electrons. The van der Waals surface area contributed by atoms with Crippen molar-refractivity contribution in [2.75, 3.05) is 38.2 Å². The number of nitrogens with two attached hydrogens (primary N) is 9. The van der Waals surface area contributed by atoms with Crippen molar-refractivity contribution in [2.24, 2.45) is 78.4 Å². The number of benzene rings is 1. The van der Waals surface area contributed by atoms with E-state index in [1.54, 1.807) is 64.3 Å². The molecule has 0 saturated carbocycles. The van der Waals surface area contributed by atoms with Gasteiger partial charge < -0.3 is 131 Å². The summed E-state index contributed by atoms with van der Waals surface area (Å²) in [6.45, 7) is 8.76. The number of aliphatic carboxylic acids is 1. The fourth-order valence-electron chi connectivity index (χ4n) is 10.7. The molecule has 0 radical (unpaired) electrons. The van der Waals surface area contributed by atoms with E-state index in [1.807, 2.05) is 0 Å². The summed E-state index contributed by atoms with van der Waals surface area (Å²) in [6, 6.07) is -11.2. The normalized spacial score (nSPS) is 14.5. The molecule has 1 aromatic heterocycles. The Morgan fingerprint density at radius 3 is 1.21 bits per heavy atom. The molecule has 0 fully saturated rings. The lowest BCUT2D eigenvalue weighted by atomic mass is 10.00. The molecule has 2 rings (SSSR count). The second kappa shape index (κ2) is 51.1. The number of carbonyl (C=O) groups is 15. The van der Waals surface area contributed by atoms with E-state index in [1.165, 1.54) is 38.1 Å². The van der Waals surface area contributed by atoms with Crippen LogP contribution in [0.15, 0.2) is 57.8 Å². The van der Waals surface area contributed by atoms with Gasteiger partial charge in [0.1, 0.15) is 78.5 Å². The van der Waals surface area contributed by atoms with Gasteiger partial charge in [0, 0.05) is 50.8 Å². The summed E-state index contributed by atoms with van der Waals surface area (Å²) < 4.78 is 0. The third-order valence-corrected chi connectivity index (χ3v) is 17.2. The average molecular weight is 1600 g/mol. The number of thioether (sulfide) groups is 1. The summed E-state index contributed by atoms with van der Waals surface area (Å²) in [7, 11) is 0. The number of hydrogen-bond acceptors (Lipinski definition) is 22. The molecule has 44 heteroatoms. The molecule has 0 saturated heterocycles. The van der Waals surface area contributed by atoms with Crippen molar-refractivity contribution in [1.29, 1.82) is 0 Å². The minimum atomic E-state index is -1.89. The first-order valence-electron chi connectivity index (χ1n) is 36.2. The second-order valence-electron chi connectivity index (χ2n) is 27.2. The van der Waals surface area contributed by atoms with E-state index in [0.717, 1.165) is 0 Å². The summed E-state index contributed by atoms with van der Waals surface area (Å²) in [5, 5.41) is 49.7. The van der Waals surface area contributed by atoms with Crippen LogP contribution in [0.5, 0.6) is 0 Å². The monoisotopic (exact) mass is 1600 g/mol. The van der Waals surface area contributed by atoms with E-state index in [4.69, 9.17) is 51.6 Å². The summed E-state index contributed by atoms with van der Waals surface area (Å²) in [5.41, 5.74) is 50.4. The number of carbonyl (C=O) groups excluding carboxylic acids is 14. The maximum atomic E-state index is 14.6. The summed E-state index contributed by atoms with van der Waals surface area (Å²) >= 11 is 1.28. The molecule has 14 amide bonds. The number of rotatable bonds is 54. The Morgan fingerprint density at radius 1 is 0.438 bits per heavy atom. The summed E-state index contributed by atoms with van der Waals surface area (Å²) in [5.74, 6) is -16.0. The molecule has 0 spiro atoms. The second-order valence-corrected chi connectivity index (χ2v) is 28.2. The Labute approximate surface area is 652 Å². The molecule has 43 nitrogen and oxygen atoms in total. The highest BCUT2D eigenvalue weighted by molar-refractivity contribution is 7.98. The molecule has 0 unspecified atom stereocenters. The Kier molecular flexibility index (Phi) is 44.1. The van der Waals surface area contributed by atoms with Crippen molar-refractivity contribution >= 4 is 118 Å². The number of aliphatic imine (C=N–C) groups is 3. The van der Waals surface area contributed by atoms with Gasteiger partial charge in [0.05, 0.1) is 19.4 Å². The van der Waals surface area contributed by atoms with Crippen LogP contribution in [0.2, 0.25) is 0 Å². The number of aromatic amines is 1. The van der Waals surface area contributed by atoms with Gasteiger partial charge >= 0.3 is 5.97 Å². The predicted molar refractivity (Wildman–Crippen MR) is 414 cm³/mol. The van der Waals surface area contributed by atoms with Crippen LogP contribution in [-0.4, -0.2) is 244 Å². The lowest BCUT2D eigenvalue weighted by Gasteiger charge is -2.28. The summed E-state index contributed by atoms with van der Waals surface area (Å²) in [6.07, 6.45) is 1.96. The number of carboxylic acid groups (broad SMARTS) is 1. The van der Waals surface area contributed by atoms with Crippen molar-refractivity contribution in [2.45, 2.75) is 210 Å². The SMILES string of the molecule is CSCC[C@H](NC(=O)[C@H](C)NC(=O)[C@H](CC(N)=O)NC(=O)[C@H](CCC(N)=O)NC(=O)[C@H](Cc1ccccc1)NC(=O)[C@H](CC(C)C)NC(=O)[C@H](CCCN=C(N)N)NC(=O)[C@@H](N)CO)C(=O)N[C@@H](CC(C)C)C(=O)N[C@@H](CCCN=C(N)N)C(=O)N[C@@H](C)C(=O)N[C@@H](Cc1cnc[nH]1)C(=O)N[C@@H](CCCN=C(N)N)C(=O)O. The first-order valence-corrected chi connectivity index (χ1v) is 37.6. The van der Waals surface area contributed by atoms with Crippen LogP contribution in [0.3, 0.4) is 0 Å². The Balaban J connectivity index is 2.46. The number of carboxylic acids is 1. The smallest absolute Gasteiger partial charge is 0.326 e. The molecule has 1 heterocycles. The predicted octanol–water partition coefficient (Wildman–Crippen LogP) is -8.40. The third-order valence-electron chi connectivity index (χ3n) is 16.6. The van der Waals surface area contributed by atoms with Crippen LogP contribution in [0, 0.1) is 11.8 Å². The number of nitrogens with one attached hydrogen (secondary N) is 13. The molecule has 2 aromatic rings. The van der Waals surface area contributed by atoms with Crippen LogP contribution >= 0.6 is 11.8 Å². The van der Waals surface area contributed by atoms with E-state index in [0.29, 0.717) is 11.3 Å². The molecule has 0 aliphatic heterocycles. The first kappa shape index (κ1) is 96.6. The maximum Gasteiger partial charge on any atom is 0.326 e. The Morgan fingerprint density at radius 2 is 0.795 bits per heavy atom. The lowest BCUT2D eigenvalue weighted by Crippen LogP contribution is -2.61. The number of guanidine groups is 3. The number of primary amides is 2. The fraction of sp³-hybridized carbons (Fsp3) is 0.603. The zero-order chi connectivity index (χ0) is 84.3. The zero-order valence-electron chi connectivity index (χ0n) is 64.0. The topological polar surface area (TPSA) is 741 Å². The van der Waals surface area contributed by atoms with Crippen molar-refractivity contribution < 1.29 is 82.1 Å². The highest BCUT2D eigenvalue weighted by atomic mass is 32.2. The first-order chi connectivity index (χ1) is 52.7. The Hall–Kier alpha value is -11.4. The number of hydrogen-bond donors (Lipinski definition) is 24. The number of aromatic nitrogens is 2. The van der Waals surface area contributed by atoms with Gasteiger partial charge in [-0.2, -0.15) is 11.8 Å². The maximum absolute atomic E-state index is 14.6. The molecule has 1 aromatic carbocycles. The molecular formula is C68H114N26O17S. The van der Waals surface area contributed by atoms with E-state index in [9.17, 15) is 82.1 Å². The lowest BCUT2D eigenvalue weighted by molar-refractivity contribution is -0.142. The van der Waals surface area contributed by atoms with Crippen LogP contribution < -0.4 is 115 Å². The van der Waals surface area contributed by atoms with Gasteiger partial charge in [-0.15, -0.1) is 0 Å². The average Bonchev–Trinajstić information content (AvgIpc) is 0.992. The van der Waals surface area contributed by atoms with Crippen LogP contribution in [0.1, 0.15) is 130 Å². The zero-order valence-corrected chi connectivity index (χ0v) is 64.9. The third kappa shape index (κ3) is 38.8. The van der Waals surface area contributed by atoms with E-state index < -0.39 is 193 Å². The summed E-state index contributed by atoms with van der Waals surface area (Å²) in [4.78, 5) is 224. The quantitative estimate of drug-likeness (QED) is 0.0166. The van der Waals surface area contributed by atoms with Gasteiger partial charge in [-0.1, -0.05) is 58.0 Å². The number of imidazole rings is 1. The number of nitrogens with zero attached hydrogens (tertiary/aromatic N) is 4. The van der Waals surface area contributed by atoms with Crippen molar-refractivity contribution in [1.82, 2.24) is 73.8 Å². The van der Waals surface area contributed by atoms with Crippen LogP contribution in [0.25, 0.3) is 0 Å². The van der Waals surface area contributed by atoms with Gasteiger partial charge in [-0.3, -0.25) is 82.1 Å². The molecule has 0 aliphatic carbocycles. The number of H-pyrrole nitrogens is 1. The number of aliphatic hydroxyl groups is 1. The molecular weight excluding hydrogens is 1480 g/mol. The van der Waals surface area contributed by atoms with E-state index in [-0.39, 0.29) is 126 Å². The van der Waals surface area contributed by atoms with Crippen molar-refractivity contribution in [3.63, 3.8) is 0 Å². The number of amides is 14. The standard InChI is InChI=1S/C68H114N26O17S/c1-34(2)26-46(61(106)87-41(16-11-22-79-66(72)73)56(101)83-37(6)54(99)90-49(29-39-31-78-33-82-39)64(109)89-45(65(110)111)18-13-24-81-68(76)77)92-59(104)44(21-25-112-7)85-53(98)36(5)84-60(105)50(30-52(71)97)94-58(103)43(19-20-51(70)96)88-63(108)48(28-38-14-9-8-10-15-38)93-62(107)47(27-35(3)4)91-57(102)42(17-12-23-80-67(74)75)86-55(100)40(69)32-95/h8-10,14-15,31,33-37,40-50,95H,11-13,16-30,32,69H2,1-7H3,(H2,70,96)(H2,71,97)(H,78,82)(H,83,101)(H,84,105)(H,85,98)(H,86,100)(H,87,106)(H,88,108)(H,89,109)(H,90,99)(H,91,102)(H,92,104)(H,93,107)(H,94,103)(H,110,111)(H4,72,73,79)(H4,74,75,80)(H4,76,77,81)/t36-,37-,40-,41-,42-,43-,44-,45-,46-,47-,48-,49-,50-/m0/s1. The minimum absolute atomic E-state index is 0.0208. The highest BCUT2D eigenvalue weighted by Gasteiger charge is 2.38. The highest BCUT2D eigenvalue weighted by Crippen LogP contribution is 2.15. The van der Waals surface area contributed by atoms with Gasteiger partial charge in [-0.25, -0.2) is 9.78 Å². The van der Waals surface area contributed by atoms with Gasteiger partial charge in [0.2, 0.25) is 82.7 Å². The molecule has 0 aliphatic rings. The molecule has 13 atom stereocenters. The van der Waals surface area contributed by atoms with E-state index in [2.05, 4.69) is 88.7 Å². The van der Waals surface area contributed by atoms with E-state index >= 15 is 0 Å². The van der Waals surface area contributed by atoms with Crippen LogP contribution in [-0.2, 0) is 84.8 Å². The molecule has 33 N–H and O–H groups in total. The Bertz CT molecular complexity index is 3540. The van der Waals surface area contributed by atoms with Gasteiger partial charge in [0.15, 0.2) is 17.9 Å². The molecule has 112 heavy (non-hydrogen) atoms. The minimum Gasteiger partial charge on any atom is -0.480 e. The largest absolute Gasteiger partial charge is 0.480 e. The van der Waals surface area contributed by atoms with Crippen molar-refractivity contribution in [3.05, 3.63) is 54.1 Å². The van der Waals surface area contributed by atoms with Gasteiger partial charge in [0.25, 0.3) is 0 Å². The van der Waals surface area contributed by atoms with Gasteiger partial charge in [-0.05, 0) is 107 Å². The van der Waals surface area contributed by atoms with Crippen molar-refractivity contribution in [3.8, 4) is 0 Å². The number of aliphatic hydroxyl groups excluding tert-OH is 1. The van der Waals surface area contributed by atoms with Crippen LogP contribution in [0.4, 0.5) is 0 Å².